The van der Waals surface area contributed by atoms with Crippen LogP contribution in [0.15, 0.2) is 42.5 Å². The Morgan fingerprint density at radius 3 is 2.24 bits per heavy atom. The number of nitrogens with one attached hydrogen (secondary N) is 1. The summed E-state index contributed by atoms with van der Waals surface area (Å²) in [4.78, 5) is 0. The molecule has 0 saturated carbocycles. The summed E-state index contributed by atoms with van der Waals surface area (Å²) in [7, 11) is 0. The SMILES string of the molecule is Fc1ccc(CNCc2ccc3c(c2)OCCO3)cc1.[Cl-]. The Kier molecular flexibility index (Phi) is 5.42. The lowest BCUT2D eigenvalue weighted by atomic mass is 10.1. The molecule has 1 aliphatic rings. The van der Waals surface area contributed by atoms with Gasteiger partial charge in [-0.15, -0.1) is 0 Å². The van der Waals surface area contributed by atoms with Crippen LogP contribution in [0.3, 0.4) is 0 Å². The minimum absolute atomic E-state index is 0. The Labute approximate surface area is 129 Å². The largest absolute Gasteiger partial charge is 1.00 e. The van der Waals surface area contributed by atoms with Gasteiger partial charge in [-0.25, -0.2) is 4.39 Å². The highest BCUT2D eigenvalue weighted by Crippen LogP contribution is 2.30. The third kappa shape index (κ3) is 4.09. The number of ether oxygens (including phenoxy) is 2. The van der Waals surface area contributed by atoms with Crippen molar-refractivity contribution < 1.29 is 26.3 Å². The van der Waals surface area contributed by atoms with Gasteiger partial charge in [-0.2, -0.15) is 0 Å². The maximum absolute atomic E-state index is 12.8. The predicted molar refractivity (Wildman–Crippen MR) is 74.4 cm³/mol. The molecule has 21 heavy (non-hydrogen) atoms. The third-order valence-electron chi connectivity index (χ3n) is 3.18. The van der Waals surface area contributed by atoms with Gasteiger partial charge in [0.25, 0.3) is 0 Å². The molecule has 3 rings (SSSR count). The van der Waals surface area contributed by atoms with Gasteiger partial charge in [-0.1, -0.05) is 18.2 Å². The zero-order chi connectivity index (χ0) is 13.8. The van der Waals surface area contributed by atoms with Crippen LogP contribution in [-0.4, -0.2) is 13.2 Å². The Morgan fingerprint density at radius 1 is 0.857 bits per heavy atom. The Hall–Kier alpha value is -1.78. The number of rotatable bonds is 4. The van der Waals surface area contributed by atoms with E-state index < -0.39 is 0 Å². The molecular weight excluding hydrogens is 293 g/mol. The lowest BCUT2D eigenvalue weighted by molar-refractivity contribution is -0.00000525. The second kappa shape index (κ2) is 7.29. The number of fused-ring (bicyclic) bond motifs is 1. The lowest BCUT2D eigenvalue weighted by Gasteiger charge is -2.19. The Morgan fingerprint density at radius 2 is 1.48 bits per heavy atom. The minimum Gasteiger partial charge on any atom is -1.00 e. The van der Waals surface area contributed by atoms with Crippen molar-refractivity contribution in [2.45, 2.75) is 13.1 Å². The van der Waals surface area contributed by atoms with Crippen LogP contribution in [0.4, 0.5) is 4.39 Å². The van der Waals surface area contributed by atoms with Crippen molar-refractivity contribution in [1.29, 1.82) is 0 Å². The van der Waals surface area contributed by atoms with Gasteiger partial charge in [0.15, 0.2) is 11.5 Å². The van der Waals surface area contributed by atoms with Gasteiger partial charge < -0.3 is 27.2 Å². The van der Waals surface area contributed by atoms with Gasteiger partial charge in [-0.3, -0.25) is 0 Å². The zero-order valence-electron chi connectivity index (χ0n) is 11.4. The maximum atomic E-state index is 12.8. The van der Waals surface area contributed by atoms with E-state index in [1.165, 1.54) is 12.1 Å². The molecule has 1 N–H and O–H groups in total. The highest BCUT2D eigenvalue weighted by Gasteiger charge is 2.11. The molecule has 3 nitrogen and oxygen atoms in total. The Balaban J connectivity index is 0.00000161. The van der Waals surface area contributed by atoms with Crippen LogP contribution in [0.2, 0.25) is 0 Å². The van der Waals surface area contributed by atoms with E-state index in [0.29, 0.717) is 19.8 Å². The highest BCUT2D eigenvalue weighted by molar-refractivity contribution is 5.43. The molecule has 1 aliphatic heterocycles. The summed E-state index contributed by atoms with van der Waals surface area (Å²) >= 11 is 0. The van der Waals surface area contributed by atoms with Crippen LogP contribution < -0.4 is 27.2 Å². The molecular formula is C16H16ClFNO2-. The first-order valence-corrected chi connectivity index (χ1v) is 6.65. The predicted octanol–water partition coefficient (Wildman–Crippen LogP) is -0.109. The highest BCUT2D eigenvalue weighted by atomic mass is 35.5. The topological polar surface area (TPSA) is 30.5 Å². The second-order valence-corrected chi connectivity index (χ2v) is 4.71. The van der Waals surface area contributed by atoms with Gasteiger partial charge >= 0.3 is 0 Å². The minimum atomic E-state index is -0.208. The van der Waals surface area contributed by atoms with E-state index in [1.807, 2.05) is 18.2 Å². The summed E-state index contributed by atoms with van der Waals surface area (Å²) in [6.07, 6.45) is 0. The molecule has 1 heterocycles. The number of halogens is 2. The van der Waals surface area contributed by atoms with Crippen LogP contribution in [0.5, 0.6) is 11.5 Å². The summed E-state index contributed by atoms with van der Waals surface area (Å²) in [6, 6.07) is 12.5. The van der Waals surface area contributed by atoms with Crippen molar-refractivity contribution in [2.75, 3.05) is 13.2 Å². The van der Waals surface area contributed by atoms with Gasteiger partial charge in [0.2, 0.25) is 0 Å². The van der Waals surface area contributed by atoms with E-state index >= 15 is 0 Å². The van der Waals surface area contributed by atoms with Crippen molar-refractivity contribution in [2.24, 2.45) is 0 Å². The average Bonchev–Trinajstić information content (AvgIpc) is 2.49. The molecule has 0 amide bonds. The first kappa shape index (κ1) is 15.6. The van der Waals surface area contributed by atoms with Crippen LogP contribution in [0, 0.1) is 5.82 Å². The van der Waals surface area contributed by atoms with E-state index in [1.54, 1.807) is 12.1 Å². The molecule has 0 aromatic heterocycles. The Bertz CT molecular complexity index is 589. The summed E-state index contributed by atoms with van der Waals surface area (Å²) < 4.78 is 23.8. The first-order chi connectivity index (χ1) is 9.81. The fourth-order valence-corrected chi connectivity index (χ4v) is 2.15. The van der Waals surface area contributed by atoms with Gasteiger partial charge in [0.05, 0.1) is 0 Å². The fraction of sp³-hybridized carbons (Fsp3) is 0.250. The van der Waals surface area contributed by atoms with Crippen molar-refractivity contribution in [1.82, 2.24) is 5.32 Å². The molecule has 2 aromatic rings. The molecule has 0 atom stereocenters. The molecule has 2 aromatic carbocycles. The lowest BCUT2D eigenvalue weighted by Crippen LogP contribution is -3.00. The number of hydrogen-bond donors (Lipinski definition) is 1. The normalized spacial score (nSPS) is 12.6. The van der Waals surface area contributed by atoms with Gasteiger partial charge in [-0.05, 0) is 35.4 Å². The van der Waals surface area contributed by atoms with E-state index in [0.717, 1.165) is 29.2 Å². The molecule has 0 bridgehead atoms. The molecule has 0 aliphatic carbocycles. The zero-order valence-corrected chi connectivity index (χ0v) is 12.2. The smallest absolute Gasteiger partial charge is 0.161 e. The van der Waals surface area contributed by atoms with E-state index in [4.69, 9.17) is 9.47 Å². The molecule has 0 fully saturated rings. The van der Waals surface area contributed by atoms with Crippen LogP contribution in [-0.2, 0) is 13.1 Å². The summed E-state index contributed by atoms with van der Waals surface area (Å²) in [5.74, 6) is 1.40. The van der Waals surface area contributed by atoms with Gasteiger partial charge in [0.1, 0.15) is 19.0 Å². The third-order valence-corrected chi connectivity index (χ3v) is 3.18. The van der Waals surface area contributed by atoms with Crippen LogP contribution >= 0.6 is 0 Å². The molecule has 112 valence electrons. The molecule has 0 radical (unpaired) electrons. The van der Waals surface area contributed by atoms with E-state index in [-0.39, 0.29) is 18.2 Å². The second-order valence-electron chi connectivity index (χ2n) is 4.71. The fourth-order valence-electron chi connectivity index (χ4n) is 2.15. The summed E-state index contributed by atoms with van der Waals surface area (Å²) in [5, 5.41) is 3.33. The van der Waals surface area contributed by atoms with Gasteiger partial charge in [0, 0.05) is 13.1 Å². The molecule has 0 saturated heterocycles. The number of hydrogen-bond acceptors (Lipinski definition) is 3. The maximum Gasteiger partial charge on any atom is 0.161 e. The van der Waals surface area contributed by atoms with Crippen molar-refractivity contribution in [3.63, 3.8) is 0 Å². The molecule has 0 unspecified atom stereocenters. The van der Waals surface area contributed by atoms with E-state index in [2.05, 4.69) is 5.32 Å². The quantitative estimate of drug-likeness (QED) is 0.855. The number of benzene rings is 2. The van der Waals surface area contributed by atoms with Crippen molar-refractivity contribution in [3.8, 4) is 11.5 Å². The van der Waals surface area contributed by atoms with Crippen molar-refractivity contribution >= 4 is 0 Å². The van der Waals surface area contributed by atoms with E-state index in [9.17, 15) is 4.39 Å². The average molecular weight is 309 g/mol. The molecule has 0 spiro atoms. The summed E-state index contributed by atoms with van der Waals surface area (Å²) in [5.41, 5.74) is 2.19. The van der Waals surface area contributed by atoms with Crippen LogP contribution in [0.1, 0.15) is 11.1 Å². The standard InChI is InChI=1S/C16H16FNO2.ClH/c17-14-4-1-12(2-5-14)10-18-11-13-3-6-15-16(9-13)20-8-7-19-15;/h1-6,9,18H,7-8,10-11H2;1H/p-1. The first-order valence-electron chi connectivity index (χ1n) is 6.65. The summed E-state index contributed by atoms with van der Waals surface area (Å²) in [6.45, 7) is 2.64. The van der Waals surface area contributed by atoms with Crippen molar-refractivity contribution in [3.05, 3.63) is 59.4 Å². The van der Waals surface area contributed by atoms with Crippen LogP contribution in [0.25, 0.3) is 0 Å². The monoisotopic (exact) mass is 308 g/mol. The molecule has 5 heteroatoms.